The van der Waals surface area contributed by atoms with Crippen LogP contribution in [-0.4, -0.2) is 50.9 Å². The maximum absolute atomic E-state index is 12.5. The summed E-state index contributed by atoms with van der Waals surface area (Å²) in [5.41, 5.74) is 0.650. The summed E-state index contributed by atoms with van der Waals surface area (Å²) in [5, 5.41) is 10.3. The summed E-state index contributed by atoms with van der Waals surface area (Å²) in [6, 6.07) is 6.02. The normalized spacial score (nSPS) is 23.7. The van der Waals surface area contributed by atoms with Crippen molar-refractivity contribution in [1.82, 2.24) is 25.0 Å². The zero-order chi connectivity index (χ0) is 16.4. The van der Waals surface area contributed by atoms with E-state index in [1.807, 2.05) is 18.3 Å². The molecule has 2 aromatic heterocycles. The first-order valence-corrected chi connectivity index (χ1v) is 8.58. The zero-order valence-electron chi connectivity index (χ0n) is 13.6. The Morgan fingerprint density at radius 3 is 3.00 bits per heavy atom. The minimum absolute atomic E-state index is 0.172. The summed E-state index contributed by atoms with van der Waals surface area (Å²) in [6.07, 6.45) is 9.92. The van der Waals surface area contributed by atoms with Crippen molar-refractivity contribution in [2.45, 2.75) is 37.8 Å². The van der Waals surface area contributed by atoms with E-state index in [0.29, 0.717) is 17.5 Å². The summed E-state index contributed by atoms with van der Waals surface area (Å²) in [6.45, 7) is 2.25. The van der Waals surface area contributed by atoms with E-state index < -0.39 is 0 Å². The smallest absolute Gasteiger partial charge is 0.319 e. The molecule has 126 valence electrons. The number of urea groups is 1. The fraction of sp³-hybridized carbons (Fsp3) is 0.471. The Bertz CT molecular complexity index is 701. The summed E-state index contributed by atoms with van der Waals surface area (Å²) in [5.74, 6) is 0.614. The number of pyridine rings is 1. The predicted octanol–water partition coefficient (Wildman–Crippen LogP) is 2.02. The van der Waals surface area contributed by atoms with Crippen LogP contribution < -0.4 is 10.6 Å². The van der Waals surface area contributed by atoms with Crippen molar-refractivity contribution in [3.8, 4) is 5.82 Å². The highest BCUT2D eigenvalue weighted by atomic mass is 16.2. The second-order valence-corrected chi connectivity index (χ2v) is 6.42. The number of anilines is 1. The van der Waals surface area contributed by atoms with Crippen molar-refractivity contribution in [1.29, 1.82) is 0 Å². The molecule has 4 heterocycles. The third-order valence-corrected chi connectivity index (χ3v) is 4.93. The van der Waals surface area contributed by atoms with E-state index in [-0.39, 0.29) is 12.1 Å². The molecule has 0 unspecified atom stereocenters. The van der Waals surface area contributed by atoms with Gasteiger partial charge >= 0.3 is 6.03 Å². The number of nitrogens with zero attached hydrogens (tertiary/aromatic N) is 4. The molecule has 0 saturated carbocycles. The van der Waals surface area contributed by atoms with Crippen LogP contribution in [0.15, 0.2) is 36.8 Å². The topological polar surface area (TPSA) is 75.1 Å². The molecule has 7 heteroatoms. The first-order chi connectivity index (χ1) is 11.8. The summed E-state index contributed by atoms with van der Waals surface area (Å²) >= 11 is 0. The van der Waals surface area contributed by atoms with Crippen molar-refractivity contribution in [2.24, 2.45) is 0 Å². The molecule has 2 fully saturated rings. The lowest BCUT2D eigenvalue weighted by atomic mass is 9.99. The molecule has 0 bridgehead atoms. The van der Waals surface area contributed by atoms with Crippen molar-refractivity contribution >= 4 is 11.7 Å². The zero-order valence-corrected chi connectivity index (χ0v) is 13.6. The second kappa shape index (κ2) is 6.60. The van der Waals surface area contributed by atoms with Gasteiger partial charge < -0.3 is 10.6 Å². The van der Waals surface area contributed by atoms with Crippen LogP contribution in [0.1, 0.15) is 25.7 Å². The molecule has 2 aliphatic heterocycles. The molecular formula is C17H22N6O. The van der Waals surface area contributed by atoms with Crippen LogP contribution in [0, 0.1) is 0 Å². The first kappa shape index (κ1) is 15.1. The fourth-order valence-corrected chi connectivity index (χ4v) is 3.81. The van der Waals surface area contributed by atoms with Crippen LogP contribution in [0.2, 0.25) is 0 Å². The summed E-state index contributed by atoms with van der Waals surface area (Å²) < 4.78 is 1.65. The third kappa shape index (κ3) is 2.99. The Morgan fingerprint density at radius 1 is 1.17 bits per heavy atom. The van der Waals surface area contributed by atoms with Crippen molar-refractivity contribution in [2.75, 3.05) is 18.4 Å². The van der Waals surface area contributed by atoms with Gasteiger partial charge in [0.25, 0.3) is 0 Å². The molecule has 0 spiro atoms. The molecule has 2 saturated heterocycles. The monoisotopic (exact) mass is 326 g/mol. The van der Waals surface area contributed by atoms with Gasteiger partial charge in [-0.3, -0.25) is 4.90 Å². The van der Waals surface area contributed by atoms with Crippen LogP contribution in [0.5, 0.6) is 0 Å². The van der Waals surface area contributed by atoms with Gasteiger partial charge in [-0.15, -0.1) is 0 Å². The van der Waals surface area contributed by atoms with E-state index in [9.17, 15) is 4.79 Å². The number of piperidine rings is 1. The quantitative estimate of drug-likeness (QED) is 0.905. The van der Waals surface area contributed by atoms with E-state index in [1.54, 1.807) is 23.1 Å². The van der Waals surface area contributed by atoms with Crippen molar-refractivity contribution in [3.05, 3.63) is 36.8 Å². The van der Waals surface area contributed by atoms with Gasteiger partial charge in [0.2, 0.25) is 0 Å². The largest absolute Gasteiger partial charge is 0.334 e. The van der Waals surface area contributed by atoms with Crippen LogP contribution in [0.4, 0.5) is 10.5 Å². The van der Waals surface area contributed by atoms with Gasteiger partial charge in [-0.25, -0.2) is 14.5 Å². The van der Waals surface area contributed by atoms with Gasteiger partial charge in [-0.1, -0.05) is 6.42 Å². The van der Waals surface area contributed by atoms with Gasteiger partial charge in [0, 0.05) is 37.2 Å². The number of rotatable bonds is 3. The molecular weight excluding hydrogens is 304 g/mol. The lowest BCUT2D eigenvalue weighted by Gasteiger charge is -2.32. The SMILES string of the molecule is O=C(Nc1cccnc1-n1cccn1)N[C@H]1CCN2CCCC[C@H]12. The average molecular weight is 326 g/mol. The first-order valence-electron chi connectivity index (χ1n) is 8.58. The summed E-state index contributed by atoms with van der Waals surface area (Å²) in [7, 11) is 0. The number of fused-ring (bicyclic) bond motifs is 1. The Labute approximate surface area is 141 Å². The van der Waals surface area contributed by atoms with E-state index in [1.165, 1.54) is 19.3 Å². The standard InChI is InChI=1S/C17H22N6O/c24-17(20-13-7-12-22-10-2-1-6-15(13)22)21-14-5-3-8-18-16(14)23-11-4-9-19-23/h3-5,8-9,11,13,15H,1-2,6-7,10,12H2,(H2,20,21,24)/t13-,15+/m0/s1. The number of aromatic nitrogens is 3. The summed E-state index contributed by atoms with van der Waals surface area (Å²) in [4.78, 5) is 19.3. The molecule has 4 rings (SSSR count). The van der Waals surface area contributed by atoms with Gasteiger partial charge in [0.15, 0.2) is 5.82 Å². The van der Waals surface area contributed by atoms with E-state index in [0.717, 1.165) is 19.5 Å². The lowest BCUT2D eigenvalue weighted by molar-refractivity contribution is 0.180. The Hall–Kier alpha value is -2.41. The minimum atomic E-state index is -0.172. The molecule has 0 aromatic carbocycles. The van der Waals surface area contributed by atoms with Crippen LogP contribution in [0.3, 0.4) is 0 Å². The Balaban J connectivity index is 1.44. The van der Waals surface area contributed by atoms with E-state index >= 15 is 0 Å². The highest BCUT2D eigenvalue weighted by Gasteiger charge is 2.36. The second-order valence-electron chi connectivity index (χ2n) is 6.42. The number of hydrogen-bond acceptors (Lipinski definition) is 4. The van der Waals surface area contributed by atoms with Gasteiger partial charge in [0.05, 0.1) is 5.69 Å². The number of nitrogens with one attached hydrogen (secondary N) is 2. The molecule has 2 N–H and O–H groups in total. The van der Waals surface area contributed by atoms with E-state index in [4.69, 9.17) is 0 Å². The minimum Gasteiger partial charge on any atom is -0.334 e. The average Bonchev–Trinajstić information content (AvgIpc) is 3.26. The van der Waals surface area contributed by atoms with Gasteiger partial charge in [0.1, 0.15) is 0 Å². The molecule has 7 nitrogen and oxygen atoms in total. The maximum atomic E-state index is 12.5. The molecule has 2 amide bonds. The molecule has 2 atom stereocenters. The molecule has 2 aliphatic rings. The van der Waals surface area contributed by atoms with Crippen LogP contribution in [0.25, 0.3) is 5.82 Å². The number of hydrogen-bond donors (Lipinski definition) is 2. The fourth-order valence-electron chi connectivity index (χ4n) is 3.81. The number of carbonyl (C=O) groups is 1. The third-order valence-electron chi connectivity index (χ3n) is 4.93. The van der Waals surface area contributed by atoms with Crippen molar-refractivity contribution < 1.29 is 4.79 Å². The Morgan fingerprint density at radius 2 is 2.12 bits per heavy atom. The van der Waals surface area contributed by atoms with Crippen LogP contribution in [-0.2, 0) is 0 Å². The van der Waals surface area contributed by atoms with Gasteiger partial charge in [-0.05, 0) is 44.0 Å². The Kier molecular flexibility index (Phi) is 4.17. The predicted molar refractivity (Wildman–Crippen MR) is 91.1 cm³/mol. The highest BCUT2D eigenvalue weighted by Crippen LogP contribution is 2.27. The molecule has 24 heavy (non-hydrogen) atoms. The van der Waals surface area contributed by atoms with Crippen molar-refractivity contribution in [3.63, 3.8) is 0 Å². The number of amides is 2. The molecule has 2 aromatic rings. The molecule has 0 aliphatic carbocycles. The van der Waals surface area contributed by atoms with Gasteiger partial charge in [-0.2, -0.15) is 5.10 Å². The van der Waals surface area contributed by atoms with Crippen LogP contribution >= 0.6 is 0 Å². The highest BCUT2D eigenvalue weighted by molar-refractivity contribution is 5.91. The van der Waals surface area contributed by atoms with E-state index in [2.05, 4.69) is 25.6 Å². The maximum Gasteiger partial charge on any atom is 0.319 e. The molecule has 0 radical (unpaired) electrons. The number of carbonyl (C=O) groups excluding carboxylic acids is 1. The lowest BCUT2D eigenvalue weighted by Crippen LogP contribution is -2.48.